The molecule has 0 spiro atoms. The first-order chi connectivity index (χ1) is 16.6. The molecule has 5 rings (SSSR count). The minimum atomic E-state index is -3.07. The molecular weight excluding hydrogens is 481 g/mol. The predicted molar refractivity (Wildman–Crippen MR) is 127 cm³/mol. The number of ether oxygens (including phenoxy) is 1. The Bertz CT molecular complexity index is 1410. The number of benzene rings is 1. The van der Waals surface area contributed by atoms with Gasteiger partial charge in [0.25, 0.3) is 0 Å². The summed E-state index contributed by atoms with van der Waals surface area (Å²) in [5, 5.41) is 15.1. The zero-order valence-corrected chi connectivity index (χ0v) is 20.1. The van der Waals surface area contributed by atoms with Crippen LogP contribution in [0.1, 0.15) is 55.5 Å². The number of alkyl halides is 2. The van der Waals surface area contributed by atoms with Gasteiger partial charge in [0, 0.05) is 46.1 Å². The fraction of sp³-hybridized carbons (Fsp3) is 0.360. The molecule has 3 heterocycles. The normalized spacial score (nSPS) is 20.9. The van der Waals surface area contributed by atoms with Gasteiger partial charge in [-0.25, -0.2) is 9.37 Å². The Hall–Kier alpha value is -3.04. The van der Waals surface area contributed by atoms with E-state index < -0.39 is 23.9 Å². The number of aromatic nitrogens is 4. The third-order valence-corrected chi connectivity index (χ3v) is 7.21. The maximum Gasteiger partial charge on any atom is 0.387 e. The van der Waals surface area contributed by atoms with Crippen molar-refractivity contribution < 1.29 is 23.0 Å². The largest absolute Gasteiger partial charge is 0.434 e. The van der Waals surface area contributed by atoms with Crippen molar-refractivity contribution >= 4 is 22.6 Å². The highest BCUT2D eigenvalue weighted by atomic mass is 35.5. The summed E-state index contributed by atoms with van der Waals surface area (Å²) in [7, 11) is 0. The number of hydrogen-bond acceptors (Lipinski definition) is 4. The molecule has 1 fully saturated rings. The number of hydrogen-bond donors (Lipinski definition) is 2. The summed E-state index contributed by atoms with van der Waals surface area (Å²) in [5.41, 5.74) is 3.47. The Morgan fingerprint density at radius 2 is 2.03 bits per heavy atom. The molecule has 1 aliphatic rings. The molecule has 184 valence electrons. The molecule has 4 aromatic rings. The molecule has 0 bridgehead atoms. The number of halogens is 4. The van der Waals surface area contributed by atoms with E-state index >= 15 is 0 Å². The van der Waals surface area contributed by atoms with Crippen LogP contribution >= 0.6 is 11.6 Å². The van der Waals surface area contributed by atoms with Crippen LogP contribution in [0.25, 0.3) is 22.2 Å². The Morgan fingerprint density at radius 3 is 2.71 bits per heavy atom. The molecule has 1 aliphatic carbocycles. The summed E-state index contributed by atoms with van der Waals surface area (Å²) in [6.07, 6.45) is 6.51. The van der Waals surface area contributed by atoms with Crippen molar-refractivity contribution in [1.29, 1.82) is 0 Å². The number of fused-ring (bicyclic) bond motifs is 1. The van der Waals surface area contributed by atoms with Gasteiger partial charge in [0.2, 0.25) is 0 Å². The van der Waals surface area contributed by atoms with Crippen molar-refractivity contribution in [3.05, 3.63) is 64.5 Å². The van der Waals surface area contributed by atoms with Crippen molar-refractivity contribution in [1.82, 2.24) is 19.7 Å². The van der Waals surface area contributed by atoms with Crippen LogP contribution in [0.2, 0.25) is 5.02 Å². The Balaban J connectivity index is 1.54. The molecule has 0 radical (unpaired) electrons. The number of aliphatic hydroxyl groups is 1. The molecule has 1 aromatic carbocycles. The number of H-pyrrole nitrogens is 1. The van der Waals surface area contributed by atoms with Crippen molar-refractivity contribution in [2.24, 2.45) is 0 Å². The van der Waals surface area contributed by atoms with Crippen LogP contribution < -0.4 is 4.74 Å². The van der Waals surface area contributed by atoms with E-state index in [0.717, 1.165) is 34.3 Å². The molecule has 0 saturated heterocycles. The number of rotatable bonds is 6. The molecule has 1 atom stereocenters. The molecule has 0 amide bonds. The van der Waals surface area contributed by atoms with Crippen LogP contribution in [0.4, 0.5) is 13.2 Å². The number of nitrogens with zero attached hydrogens (tertiary/aromatic N) is 3. The van der Waals surface area contributed by atoms with Gasteiger partial charge in [-0.15, -0.1) is 0 Å². The quantitative estimate of drug-likeness (QED) is 0.320. The first kappa shape index (κ1) is 23.7. The lowest BCUT2D eigenvalue weighted by atomic mass is 9.77. The van der Waals surface area contributed by atoms with E-state index in [9.17, 15) is 18.3 Å². The summed E-state index contributed by atoms with van der Waals surface area (Å²) in [6.45, 7) is 2.47. The molecule has 10 heteroatoms. The lowest BCUT2D eigenvalue weighted by molar-refractivity contribution is -0.0548. The van der Waals surface area contributed by atoms with Gasteiger partial charge in [0.1, 0.15) is 17.2 Å². The lowest BCUT2D eigenvalue weighted by Gasteiger charge is -2.41. The minimum absolute atomic E-state index is 0.138. The maximum atomic E-state index is 14.3. The highest BCUT2D eigenvalue weighted by Crippen LogP contribution is 2.43. The predicted octanol–water partition coefficient (Wildman–Crippen LogP) is 6.37. The van der Waals surface area contributed by atoms with Gasteiger partial charge in [-0.2, -0.15) is 13.9 Å². The summed E-state index contributed by atoms with van der Waals surface area (Å²) in [5.74, 6) is -1.46. The Morgan fingerprint density at radius 1 is 1.29 bits per heavy atom. The second-order valence-electron chi connectivity index (χ2n) is 9.38. The third kappa shape index (κ3) is 4.16. The van der Waals surface area contributed by atoms with Crippen LogP contribution in [-0.2, 0) is 0 Å². The standard InChI is InChI=1S/C25H24ClF3N4O2/c1-12(21-20(35-24(28)29)5-4-19(27)22(21)26)17-10-31-23-16(17)6-14(9-30-23)18-11-32-33(13(18)2)15-7-25(3,34)8-15/h4-6,9-12,15,24,34H,7-8H2,1-3H3,(H,30,31). The topological polar surface area (TPSA) is 76.0 Å². The minimum Gasteiger partial charge on any atom is -0.434 e. The average Bonchev–Trinajstić information content (AvgIpc) is 3.37. The molecule has 3 aromatic heterocycles. The Kier molecular flexibility index (Phi) is 5.80. The zero-order chi connectivity index (χ0) is 25.1. The van der Waals surface area contributed by atoms with E-state index in [2.05, 4.69) is 19.8 Å². The fourth-order valence-corrected chi connectivity index (χ4v) is 5.36. The highest BCUT2D eigenvalue weighted by Gasteiger charge is 2.40. The van der Waals surface area contributed by atoms with Crippen LogP contribution in [0.15, 0.2) is 36.8 Å². The summed E-state index contributed by atoms with van der Waals surface area (Å²) in [4.78, 5) is 7.62. The summed E-state index contributed by atoms with van der Waals surface area (Å²) >= 11 is 6.21. The van der Waals surface area contributed by atoms with E-state index in [0.29, 0.717) is 24.1 Å². The van der Waals surface area contributed by atoms with Crippen LogP contribution in [-0.4, -0.2) is 37.1 Å². The van der Waals surface area contributed by atoms with Crippen LogP contribution in [0, 0.1) is 12.7 Å². The van der Waals surface area contributed by atoms with Gasteiger partial charge in [0.15, 0.2) is 0 Å². The third-order valence-electron chi connectivity index (χ3n) is 6.82. The molecule has 2 N–H and O–H groups in total. The first-order valence-corrected chi connectivity index (χ1v) is 11.6. The summed E-state index contributed by atoms with van der Waals surface area (Å²) in [6, 6.07) is 4.25. The van der Waals surface area contributed by atoms with E-state index in [-0.39, 0.29) is 22.4 Å². The summed E-state index contributed by atoms with van der Waals surface area (Å²) < 4.78 is 46.8. The Labute approximate surface area is 204 Å². The number of pyridine rings is 1. The molecule has 6 nitrogen and oxygen atoms in total. The monoisotopic (exact) mass is 504 g/mol. The molecule has 35 heavy (non-hydrogen) atoms. The van der Waals surface area contributed by atoms with E-state index in [4.69, 9.17) is 11.6 Å². The van der Waals surface area contributed by atoms with Gasteiger partial charge >= 0.3 is 6.61 Å². The lowest BCUT2D eigenvalue weighted by Crippen LogP contribution is -2.42. The molecule has 1 unspecified atom stereocenters. The van der Waals surface area contributed by atoms with Crippen molar-refractivity contribution in [3.63, 3.8) is 0 Å². The number of aromatic amines is 1. The zero-order valence-electron chi connectivity index (χ0n) is 19.3. The van der Waals surface area contributed by atoms with Crippen LogP contribution in [0.3, 0.4) is 0 Å². The smallest absolute Gasteiger partial charge is 0.387 e. The SMILES string of the molecule is Cc1c(-c2cnc3[nH]cc(C(C)c4c(OC(F)F)ccc(F)c4Cl)c3c2)cnn1C1CC(C)(O)C1. The van der Waals surface area contributed by atoms with E-state index in [1.807, 2.05) is 24.6 Å². The number of nitrogens with one attached hydrogen (secondary N) is 1. The maximum absolute atomic E-state index is 14.3. The second kappa shape index (κ2) is 8.57. The van der Waals surface area contributed by atoms with Gasteiger partial charge in [-0.1, -0.05) is 18.5 Å². The average molecular weight is 505 g/mol. The molecule has 1 saturated carbocycles. The van der Waals surface area contributed by atoms with Crippen LogP contribution in [0.5, 0.6) is 5.75 Å². The molecular formula is C25H24ClF3N4O2. The van der Waals surface area contributed by atoms with Gasteiger partial charge in [-0.05, 0) is 50.5 Å². The second-order valence-corrected chi connectivity index (χ2v) is 9.76. The van der Waals surface area contributed by atoms with Crippen molar-refractivity contribution in [2.45, 2.75) is 57.8 Å². The highest BCUT2D eigenvalue weighted by molar-refractivity contribution is 6.31. The van der Waals surface area contributed by atoms with Crippen molar-refractivity contribution in [2.75, 3.05) is 0 Å². The van der Waals surface area contributed by atoms with Gasteiger partial charge < -0.3 is 14.8 Å². The first-order valence-electron chi connectivity index (χ1n) is 11.2. The molecule has 0 aliphatic heterocycles. The van der Waals surface area contributed by atoms with Gasteiger partial charge in [-0.3, -0.25) is 4.68 Å². The fourth-order valence-electron chi connectivity index (χ4n) is 5.04. The van der Waals surface area contributed by atoms with Gasteiger partial charge in [0.05, 0.1) is 22.9 Å². The van der Waals surface area contributed by atoms with Crippen molar-refractivity contribution in [3.8, 4) is 16.9 Å². The van der Waals surface area contributed by atoms with E-state index in [1.165, 1.54) is 0 Å². The van der Waals surface area contributed by atoms with E-state index in [1.54, 1.807) is 25.5 Å².